The molecule has 1 atom stereocenters. The van der Waals surface area contributed by atoms with E-state index in [1.165, 1.54) is 32.1 Å². The van der Waals surface area contributed by atoms with E-state index in [0.717, 1.165) is 38.2 Å². The maximum Gasteiger partial charge on any atom is 0.135 e. The fourth-order valence-electron chi connectivity index (χ4n) is 3.25. The van der Waals surface area contributed by atoms with Gasteiger partial charge in [0.2, 0.25) is 0 Å². The smallest absolute Gasteiger partial charge is 0.135 e. The molecule has 2 aliphatic carbocycles. The van der Waals surface area contributed by atoms with Crippen molar-refractivity contribution in [3.05, 3.63) is 0 Å². The first kappa shape index (κ1) is 10.8. The molecule has 1 aliphatic heterocycles. The fraction of sp³-hybridized carbons (Fsp3) is 0.929. The summed E-state index contributed by atoms with van der Waals surface area (Å²) in [7, 11) is 0. The van der Waals surface area contributed by atoms with Crippen molar-refractivity contribution in [1.82, 2.24) is 0 Å². The molecule has 0 bridgehead atoms. The molecule has 1 heterocycles. The number of hydrogen-bond acceptors (Lipinski definition) is 2. The number of hydrogen-bond donors (Lipinski definition) is 0. The van der Waals surface area contributed by atoms with E-state index in [0.29, 0.717) is 11.7 Å². The summed E-state index contributed by atoms with van der Waals surface area (Å²) in [6.07, 6.45) is 10.6. The maximum atomic E-state index is 11.7. The zero-order chi connectivity index (χ0) is 11.0. The molecule has 0 aromatic carbocycles. The van der Waals surface area contributed by atoms with Crippen LogP contribution in [0.5, 0.6) is 0 Å². The largest absolute Gasteiger partial charge is 0.375 e. The number of carbonyl (C=O) groups excluding carboxylic acids is 1. The molecule has 3 rings (SSSR count). The standard InChI is InChI=1S/C14H22O2/c15-13(12-3-4-12)5-2-11-6-9-16-14(10-11)7-1-8-14/h11-12H,1-10H2. The van der Waals surface area contributed by atoms with Crippen molar-refractivity contribution >= 4 is 5.78 Å². The van der Waals surface area contributed by atoms with Gasteiger partial charge in [-0.15, -0.1) is 0 Å². The summed E-state index contributed by atoms with van der Waals surface area (Å²) in [5.74, 6) is 1.75. The molecule has 2 heteroatoms. The predicted molar refractivity (Wildman–Crippen MR) is 62.2 cm³/mol. The van der Waals surface area contributed by atoms with Crippen LogP contribution in [0.25, 0.3) is 0 Å². The topological polar surface area (TPSA) is 26.3 Å². The second-order valence-corrected chi connectivity index (χ2v) is 6.02. The molecule has 16 heavy (non-hydrogen) atoms. The van der Waals surface area contributed by atoms with E-state index in [1.807, 2.05) is 0 Å². The van der Waals surface area contributed by atoms with Crippen molar-refractivity contribution < 1.29 is 9.53 Å². The van der Waals surface area contributed by atoms with E-state index < -0.39 is 0 Å². The van der Waals surface area contributed by atoms with Crippen molar-refractivity contribution in [1.29, 1.82) is 0 Å². The van der Waals surface area contributed by atoms with Crippen molar-refractivity contribution in [2.45, 2.75) is 63.4 Å². The van der Waals surface area contributed by atoms with Gasteiger partial charge in [0.05, 0.1) is 5.60 Å². The number of ether oxygens (including phenoxy) is 1. The summed E-state index contributed by atoms with van der Waals surface area (Å²) in [6.45, 7) is 0.933. The van der Waals surface area contributed by atoms with Gasteiger partial charge in [-0.2, -0.15) is 0 Å². The Morgan fingerprint density at radius 2 is 2.06 bits per heavy atom. The number of carbonyl (C=O) groups is 1. The van der Waals surface area contributed by atoms with E-state index in [2.05, 4.69) is 0 Å². The van der Waals surface area contributed by atoms with Crippen LogP contribution < -0.4 is 0 Å². The van der Waals surface area contributed by atoms with Crippen LogP contribution in [0.1, 0.15) is 57.8 Å². The first-order valence-corrected chi connectivity index (χ1v) is 6.94. The first-order valence-electron chi connectivity index (χ1n) is 6.94. The zero-order valence-corrected chi connectivity index (χ0v) is 10.0. The second-order valence-electron chi connectivity index (χ2n) is 6.02. The van der Waals surface area contributed by atoms with Gasteiger partial charge >= 0.3 is 0 Å². The lowest BCUT2D eigenvalue weighted by Crippen LogP contribution is -2.45. The van der Waals surface area contributed by atoms with Gasteiger partial charge in [-0.3, -0.25) is 4.79 Å². The molecule has 3 fully saturated rings. The number of ketones is 1. The van der Waals surface area contributed by atoms with Crippen LogP contribution in [-0.2, 0) is 9.53 Å². The molecule has 0 amide bonds. The van der Waals surface area contributed by atoms with Crippen LogP contribution in [0.15, 0.2) is 0 Å². The summed E-state index contributed by atoms with van der Waals surface area (Å²) in [6, 6.07) is 0. The average Bonchev–Trinajstić information content (AvgIpc) is 3.08. The van der Waals surface area contributed by atoms with Gasteiger partial charge in [0.1, 0.15) is 5.78 Å². The summed E-state index contributed by atoms with van der Waals surface area (Å²) in [4.78, 5) is 11.7. The maximum absolute atomic E-state index is 11.7. The fourth-order valence-corrected chi connectivity index (χ4v) is 3.25. The molecule has 1 unspecified atom stereocenters. The van der Waals surface area contributed by atoms with Crippen LogP contribution in [-0.4, -0.2) is 18.0 Å². The lowest BCUT2D eigenvalue weighted by atomic mass is 9.71. The molecule has 90 valence electrons. The Morgan fingerprint density at radius 3 is 2.69 bits per heavy atom. The van der Waals surface area contributed by atoms with Gasteiger partial charge in [0, 0.05) is 18.9 Å². The molecule has 1 saturated heterocycles. The molecular weight excluding hydrogens is 200 g/mol. The monoisotopic (exact) mass is 222 g/mol. The summed E-state index contributed by atoms with van der Waals surface area (Å²) in [5.41, 5.74) is 0.256. The van der Waals surface area contributed by atoms with Crippen LogP contribution in [0.2, 0.25) is 0 Å². The molecule has 2 saturated carbocycles. The molecular formula is C14H22O2. The Balaban J connectivity index is 1.45. The predicted octanol–water partition coefficient (Wildman–Crippen LogP) is 3.10. The van der Waals surface area contributed by atoms with Gasteiger partial charge in [-0.05, 0) is 57.3 Å². The minimum atomic E-state index is 0.256. The Bertz CT molecular complexity index is 276. The summed E-state index contributed by atoms with van der Waals surface area (Å²) in [5, 5.41) is 0. The zero-order valence-electron chi connectivity index (χ0n) is 10.0. The second kappa shape index (κ2) is 4.14. The highest BCUT2D eigenvalue weighted by atomic mass is 16.5. The highest BCUT2D eigenvalue weighted by Crippen LogP contribution is 2.45. The summed E-state index contributed by atoms with van der Waals surface area (Å²) >= 11 is 0. The van der Waals surface area contributed by atoms with Crippen LogP contribution >= 0.6 is 0 Å². The molecule has 2 nitrogen and oxygen atoms in total. The van der Waals surface area contributed by atoms with Crippen molar-refractivity contribution in [3.63, 3.8) is 0 Å². The normalized spacial score (nSPS) is 32.4. The molecule has 3 aliphatic rings. The summed E-state index contributed by atoms with van der Waals surface area (Å²) < 4.78 is 5.91. The van der Waals surface area contributed by atoms with Crippen molar-refractivity contribution in [2.24, 2.45) is 11.8 Å². The SMILES string of the molecule is O=C(CCC1CCOC2(CCC2)C1)C1CC1. The Morgan fingerprint density at radius 1 is 1.25 bits per heavy atom. The van der Waals surface area contributed by atoms with Crippen molar-refractivity contribution in [2.75, 3.05) is 6.61 Å². The average molecular weight is 222 g/mol. The Labute approximate surface area is 97.7 Å². The number of Topliss-reactive ketones (excluding diaryl/α,β-unsaturated/α-hetero) is 1. The quantitative estimate of drug-likeness (QED) is 0.730. The van der Waals surface area contributed by atoms with E-state index in [9.17, 15) is 4.79 Å². The third-order valence-electron chi connectivity index (χ3n) is 4.69. The highest BCUT2D eigenvalue weighted by Gasteiger charge is 2.42. The number of rotatable bonds is 4. The Kier molecular flexibility index (Phi) is 2.78. The lowest BCUT2D eigenvalue weighted by molar-refractivity contribution is -0.145. The van der Waals surface area contributed by atoms with Gasteiger partial charge < -0.3 is 4.74 Å². The molecule has 0 radical (unpaired) electrons. The molecule has 0 aromatic rings. The third kappa shape index (κ3) is 2.17. The van der Waals surface area contributed by atoms with E-state index in [-0.39, 0.29) is 5.60 Å². The highest BCUT2D eigenvalue weighted by molar-refractivity contribution is 5.83. The Hall–Kier alpha value is -0.370. The molecule has 0 N–H and O–H groups in total. The third-order valence-corrected chi connectivity index (χ3v) is 4.69. The van der Waals surface area contributed by atoms with Gasteiger partial charge in [0.15, 0.2) is 0 Å². The van der Waals surface area contributed by atoms with Crippen molar-refractivity contribution in [3.8, 4) is 0 Å². The lowest BCUT2D eigenvalue weighted by Gasteiger charge is -2.47. The van der Waals surface area contributed by atoms with E-state index in [1.54, 1.807) is 0 Å². The minimum absolute atomic E-state index is 0.256. The van der Waals surface area contributed by atoms with Crippen LogP contribution in [0.4, 0.5) is 0 Å². The first-order chi connectivity index (χ1) is 7.77. The molecule has 0 aromatic heterocycles. The molecule has 1 spiro atoms. The van der Waals surface area contributed by atoms with Crippen LogP contribution in [0.3, 0.4) is 0 Å². The van der Waals surface area contributed by atoms with Gasteiger partial charge in [-0.25, -0.2) is 0 Å². The van der Waals surface area contributed by atoms with Crippen LogP contribution in [0, 0.1) is 11.8 Å². The van der Waals surface area contributed by atoms with E-state index in [4.69, 9.17) is 4.74 Å². The minimum Gasteiger partial charge on any atom is -0.375 e. The van der Waals surface area contributed by atoms with Gasteiger partial charge in [0.25, 0.3) is 0 Å². The van der Waals surface area contributed by atoms with E-state index >= 15 is 0 Å². The van der Waals surface area contributed by atoms with Gasteiger partial charge in [-0.1, -0.05) is 0 Å².